The Morgan fingerprint density at radius 2 is 2.22 bits per heavy atom. The molecule has 6 nitrogen and oxygen atoms in total. The van der Waals surface area contributed by atoms with E-state index in [2.05, 4.69) is 19.8 Å². The summed E-state index contributed by atoms with van der Waals surface area (Å²) in [5, 5.41) is 0. The maximum Gasteiger partial charge on any atom is 0.276 e. The number of piperazine rings is 1. The summed E-state index contributed by atoms with van der Waals surface area (Å²) >= 11 is 0. The summed E-state index contributed by atoms with van der Waals surface area (Å²) < 4.78 is 0. The minimum Gasteiger partial charge on any atom is -0.391 e. The second-order valence-electron chi connectivity index (χ2n) is 5.10. The lowest BCUT2D eigenvalue weighted by molar-refractivity contribution is 0.133. The highest BCUT2D eigenvalue weighted by atomic mass is 16.1. The number of aromatic nitrogens is 2. The average molecular weight is 249 g/mol. The first-order chi connectivity index (χ1) is 8.75. The predicted molar refractivity (Wildman–Crippen MR) is 70.7 cm³/mol. The smallest absolute Gasteiger partial charge is 0.276 e. The number of H-pyrrole nitrogens is 1. The van der Waals surface area contributed by atoms with Gasteiger partial charge in [0, 0.05) is 25.7 Å². The summed E-state index contributed by atoms with van der Waals surface area (Å²) in [4.78, 5) is 22.9. The van der Waals surface area contributed by atoms with Crippen LogP contribution in [0.2, 0.25) is 0 Å². The van der Waals surface area contributed by atoms with Gasteiger partial charge in [-0.2, -0.15) is 0 Å². The molecule has 0 aliphatic carbocycles. The van der Waals surface area contributed by atoms with E-state index in [1.165, 1.54) is 32.1 Å². The fourth-order valence-corrected chi connectivity index (χ4v) is 3.00. The van der Waals surface area contributed by atoms with Crippen LogP contribution in [0.25, 0.3) is 0 Å². The molecule has 2 saturated heterocycles. The zero-order valence-corrected chi connectivity index (χ0v) is 10.4. The summed E-state index contributed by atoms with van der Waals surface area (Å²) in [6.07, 6.45) is 5.27. The molecule has 2 fully saturated rings. The monoisotopic (exact) mass is 249 g/mol. The number of hydrogen-bond acceptors (Lipinski definition) is 5. The number of nitrogen functional groups attached to an aromatic ring is 1. The van der Waals surface area contributed by atoms with E-state index in [-0.39, 0.29) is 11.2 Å². The maximum absolute atomic E-state index is 11.5. The molecule has 0 bridgehead atoms. The highest BCUT2D eigenvalue weighted by Crippen LogP contribution is 2.25. The van der Waals surface area contributed by atoms with Gasteiger partial charge < -0.3 is 15.6 Å². The topological polar surface area (TPSA) is 78.2 Å². The lowest BCUT2D eigenvalue weighted by Crippen LogP contribution is -2.55. The summed E-state index contributed by atoms with van der Waals surface area (Å²) in [6, 6.07) is 0.591. The lowest BCUT2D eigenvalue weighted by atomic mass is 9.99. The molecule has 6 heteroatoms. The molecule has 3 N–H and O–H groups in total. The van der Waals surface area contributed by atoms with Crippen LogP contribution in [0.5, 0.6) is 0 Å². The van der Waals surface area contributed by atoms with E-state index in [9.17, 15) is 4.79 Å². The van der Waals surface area contributed by atoms with Gasteiger partial charge in [-0.15, -0.1) is 0 Å². The molecular formula is C12H19N5O. The number of nitrogens with two attached hydrogens (primary N) is 1. The number of piperidine rings is 1. The molecule has 1 aromatic heterocycles. The number of nitrogens with one attached hydrogen (secondary N) is 1. The van der Waals surface area contributed by atoms with E-state index in [0.29, 0.717) is 11.9 Å². The molecule has 0 spiro atoms. The van der Waals surface area contributed by atoms with Crippen LogP contribution in [0.15, 0.2) is 11.1 Å². The van der Waals surface area contributed by atoms with Crippen LogP contribution in [0.1, 0.15) is 19.3 Å². The third-order valence-electron chi connectivity index (χ3n) is 4.00. The van der Waals surface area contributed by atoms with Crippen LogP contribution in [-0.4, -0.2) is 47.1 Å². The number of rotatable bonds is 1. The summed E-state index contributed by atoms with van der Waals surface area (Å²) in [5.74, 6) is 0.643. The normalized spacial score (nSPS) is 24.9. The van der Waals surface area contributed by atoms with Crippen LogP contribution < -0.4 is 16.2 Å². The first-order valence-electron chi connectivity index (χ1n) is 6.58. The molecule has 1 atom stereocenters. The Balaban J connectivity index is 1.81. The van der Waals surface area contributed by atoms with Crippen molar-refractivity contribution in [3.8, 4) is 0 Å². The van der Waals surface area contributed by atoms with Crippen LogP contribution >= 0.6 is 0 Å². The van der Waals surface area contributed by atoms with Gasteiger partial charge in [-0.05, 0) is 19.4 Å². The number of aromatic amines is 1. The molecule has 0 saturated carbocycles. The van der Waals surface area contributed by atoms with Crippen molar-refractivity contribution in [2.24, 2.45) is 0 Å². The van der Waals surface area contributed by atoms with Gasteiger partial charge in [-0.25, -0.2) is 4.98 Å². The van der Waals surface area contributed by atoms with Gasteiger partial charge >= 0.3 is 0 Å². The van der Waals surface area contributed by atoms with E-state index in [1.54, 1.807) is 0 Å². The molecule has 1 aromatic rings. The SMILES string of the molecule is Nc1c(N2CCN3CCCCC3C2)nc[nH]c1=O. The molecule has 2 aliphatic rings. The summed E-state index contributed by atoms with van der Waals surface area (Å²) in [5.41, 5.74) is 5.81. The predicted octanol–water partition coefficient (Wildman–Crippen LogP) is 0.0266. The third kappa shape index (κ3) is 1.96. The number of anilines is 2. The van der Waals surface area contributed by atoms with E-state index in [0.717, 1.165) is 19.6 Å². The van der Waals surface area contributed by atoms with Gasteiger partial charge in [0.2, 0.25) is 0 Å². The Morgan fingerprint density at radius 3 is 3.11 bits per heavy atom. The van der Waals surface area contributed by atoms with Crippen molar-refractivity contribution in [3.63, 3.8) is 0 Å². The van der Waals surface area contributed by atoms with Gasteiger partial charge in [0.15, 0.2) is 5.82 Å². The Kier molecular flexibility index (Phi) is 2.95. The first kappa shape index (κ1) is 11.5. The Bertz CT molecular complexity index is 486. The van der Waals surface area contributed by atoms with Crippen LogP contribution in [-0.2, 0) is 0 Å². The summed E-state index contributed by atoms with van der Waals surface area (Å²) in [6.45, 7) is 4.08. The van der Waals surface area contributed by atoms with Gasteiger partial charge in [0.1, 0.15) is 5.69 Å². The van der Waals surface area contributed by atoms with Crippen molar-refractivity contribution in [1.29, 1.82) is 0 Å². The average Bonchev–Trinajstić information content (AvgIpc) is 2.41. The van der Waals surface area contributed by atoms with Gasteiger partial charge in [0.25, 0.3) is 5.56 Å². The lowest BCUT2D eigenvalue weighted by Gasteiger charge is -2.44. The minimum atomic E-state index is -0.244. The Morgan fingerprint density at radius 1 is 1.33 bits per heavy atom. The molecule has 3 heterocycles. The highest BCUT2D eigenvalue weighted by Gasteiger charge is 2.30. The zero-order valence-electron chi connectivity index (χ0n) is 10.4. The molecular weight excluding hydrogens is 230 g/mol. The van der Waals surface area contributed by atoms with Crippen molar-refractivity contribution >= 4 is 11.5 Å². The molecule has 0 radical (unpaired) electrons. The molecule has 0 aromatic carbocycles. The molecule has 3 rings (SSSR count). The number of fused-ring (bicyclic) bond motifs is 1. The minimum absolute atomic E-state index is 0.238. The zero-order chi connectivity index (χ0) is 12.5. The molecule has 2 aliphatic heterocycles. The number of hydrogen-bond donors (Lipinski definition) is 2. The van der Waals surface area contributed by atoms with Crippen molar-refractivity contribution < 1.29 is 0 Å². The summed E-state index contributed by atoms with van der Waals surface area (Å²) in [7, 11) is 0. The quantitative estimate of drug-likeness (QED) is 0.734. The highest BCUT2D eigenvalue weighted by molar-refractivity contribution is 5.61. The van der Waals surface area contributed by atoms with Crippen molar-refractivity contribution in [2.45, 2.75) is 25.3 Å². The van der Waals surface area contributed by atoms with Gasteiger partial charge in [-0.1, -0.05) is 6.42 Å². The van der Waals surface area contributed by atoms with Crippen LogP contribution in [0.3, 0.4) is 0 Å². The standard InChI is InChI=1S/C12H19N5O/c13-10-11(14-8-15-12(10)18)17-6-5-16-4-2-1-3-9(16)7-17/h8-9H,1-7,13H2,(H,14,15,18). The van der Waals surface area contributed by atoms with Gasteiger partial charge in [-0.3, -0.25) is 9.69 Å². The van der Waals surface area contributed by atoms with Gasteiger partial charge in [0.05, 0.1) is 6.33 Å². The fourth-order valence-electron chi connectivity index (χ4n) is 3.00. The Labute approximate surface area is 106 Å². The van der Waals surface area contributed by atoms with E-state index >= 15 is 0 Å². The third-order valence-corrected chi connectivity index (χ3v) is 4.00. The van der Waals surface area contributed by atoms with Crippen LogP contribution in [0.4, 0.5) is 11.5 Å². The molecule has 18 heavy (non-hydrogen) atoms. The Hall–Kier alpha value is -1.56. The molecule has 98 valence electrons. The van der Waals surface area contributed by atoms with E-state index in [1.807, 2.05) is 0 Å². The van der Waals surface area contributed by atoms with E-state index in [4.69, 9.17) is 5.73 Å². The largest absolute Gasteiger partial charge is 0.391 e. The van der Waals surface area contributed by atoms with Crippen LogP contribution in [0, 0.1) is 0 Å². The van der Waals surface area contributed by atoms with E-state index < -0.39 is 0 Å². The van der Waals surface area contributed by atoms with Crippen molar-refractivity contribution in [1.82, 2.24) is 14.9 Å². The second-order valence-corrected chi connectivity index (χ2v) is 5.10. The molecule has 0 amide bonds. The number of nitrogens with zero attached hydrogens (tertiary/aromatic N) is 3. The molecule has 1 unspecified atom stereocenters. The first-order valence-corrected chi connectivity index (χ1v) is 6.58. The fraction of sp³-hybridized carbons (Fsp3) is 0.667. The van der Waals surface area contributed by atoms with Crippen molar-refractivity contribution in [3.05, 3.63) is 16.7 Å². The maximum atomic E-state index is 11.5. The van der Waals surface area contributed by atoms with Crippen molar-refractivity contribution in [2.75, 3.05) is 36.8 Å². The second kappa shape index (κ2) is 4.61.